The summed E-state index contributed by atoms with van der Waals surface area (Å²) in [6.07, 6.45) is 4.55. The van der Waals surface area contributed by atoms with Crippen LogP contribution in [0.5, 0.6) is 0 Å². The lowest BCUT2D eigenvalue weighted by Crippen LogP contribution is -2.42. The minimum Gasteiger partial charge on any atom is -0.385 e. The largest absolute Gasteiger partial charge is 0.385 e. The van der Waals surface area contributed by atoms with E-state index < -0.39 is 5.60 Å². The van der Waals surface area contributed by atoms with E-state index in [1.807, 2.05) is 0 Å². The molecule has 0 radical (unpaired) electrons. The number of hydrogen-bond acceptors (Lipinski definition) is 3. The summed E-state index contributed by atoms with van der Waals surface area (Å²) in [6.45, 7) is 2.07. The summed E-state index contributed by atoms with van der Waals surface area (Å²) in [5.74, 6) is -0.253. The van der Waals surface area contributed by atoms with Gasteiger partial charge in [0.2, 0.25) is 0 Å². The van der Waals surface area contributed by atoms with E-state index in [2.05, 4.69) is 4.90 Å². The zero-order valence-corrected chi connectivity index (χ0v) is 11.8. The fourth-order valence-corrected chi connectivity index (χ4v) is 3.64. The zero-order valence-electron chi connectivity index (χ0n) is 11.8. The fraction of sp³-hybridized carbons (Fsp3) is 0.625. The molecule has 1 heterocycles. The maximum atomic E-state index is 13.0. The van der Waals surface area contributed by atoms with E-state index in [4.69, 9.17) is 5.73 Å². The Morgan fingerprint density at radius 3 is 2.35 bits per heavy atom. The van der Waals surface area contributed by atoms with Gasteiger partial charge in [-0.1, -0.05) is 12.1 Å². The average Bonchev–Trinajstić information content (AvgIpc) is 2.87. The van der Waals surface area contributed by atoms with Crippen molar-refractivity contribution in [3.05, 3.63) is 35.6 Å². The lowest BCUT2D eigenvalue weighted by molar-refractivity contribution is -0.0223. The Kier molecular flexibility index (Phi) is 3.80. The summed E-state index contributed by atoms with van der Waals surface area (Å²) in [5.41, 5.74) is 6.02. The van der Waals surface area contributed by atoms with Crippen molar-refractivity contribution in [3.63, 3.8) is 0 Å². The standard InChI is InChI=1S/C16H23FN2O/c17-13-3-1-12(2-4-13)16(20)8-5-15(6-9-16)19-10-7-14(18)11-19/h1-4,14-15,20H,5-11,18H2/t14-,15?,16?/m1/s1. The van der Waals surface area contributed by atoms with Gasteiger partial charge in [-0.25, -0.2) is 4.39 Å². The summed E-state index contributed by atoms with van der Waals surface area (Å²) >= 11 is 0. The second-order valence-corrected chi connectivity index (χ2v) is 6.31. The van der Waals surface area contributed by atoms with Gasteiger partial charge in [0.15, 0.2) is 0 Å². The van der Waals surface area contributed by atoms with Gasteiger partial charge in [-0.05, 0) is 49.8 Å². The topological polar surface area (TPSA) is 49.5 Å². The van der Waals surface area contributed by atoms with Crippen molar-refractivity contribution < 1.29 is 9.50 Å². The molecule has 1 aliphatic carbocycles. The molecule has 1 saturated heterocycles. The smallest absolute Gasteiger partial charge is 0.123 e. The Bertz CT molecular complexity index is 454. The molecule has 2 aliphatic rings. The predicted molar refractivity (Wildman–Crippen MR) is 76.7 cm³/mol. The van der Waals surface area contributed by atoms with Gasteiger partial charge < -0.3 is 10.8 Å². The van der Waals surface area contributed by atoms with E-state index in [1.54, 1.807) is 12.1 Å². The van der Waals surface area contributed by atoms with Gasteiger partial charge >= 0.3 is 0 Å². The highest BCUT2D eigenvalue weighted by Gasteiger charge is 2.37. The molecule has 3 N–H and O–H groups in total. The van der Waals surface area contributed by atoms with Gasteiger partial charge in [0.25, 0.3) is 0 Å². The summed E-state index contributed by atoms with van der Waals surface area (Å²) in [5, 5.41) is 10.8. The molecule has 4 heteroatoms. The van der Waals surface area contributed by atoms with E-state index in [0.717, 1.165) is 50.8 Å². The van der Waals surface area contributed by atoms with Crippen LogP contribution in [0.25, 0.3) is 0 Å². The fourth-order valence-electron chi connectivity index (χ4n) is 3.64. The molecule has 0 amide bonds. The molecule has 1 aliphatic heterocycles. The Hall–Kier alpha value is -0.970. The number of nitrogens with zero attached hydrogens (tertiary/aromatic N) is 1. The second-order valence-electron chi connectivity index (χ2n) is 6.31. The van der Waals surface area contributed by atoms with Crippen molar-refractivity contribution in [2.45, 2.75) is 49.8 Å². The number of likely N-dealkylation sites (tertiary alicyclic amines) is 1. The average molecular weight is 278 g/mol. The van der Waals surface area contributed by atoms with Gasteiger partial charge in [-0.15, -0.1) is 0 Å². The molecular weight excluding hydrogens is 255 g/mol. The van der Waals surface area contributed by atoms with Gasteiger partial charge in [-0.3, -0.25) is 4.90 Å². The van der Waals surface area contributed by atoms with Crippen molar-refractivity contribution in [1.29, 1.82) is 0 Å². The van der Waals surface area contributed by atoms with Crippen LogP contribution in [0.3, 0.4) is 0 Å². The van der Waals surface area contributed by atoms with Crippen molar-refractivity contribution in [1.82, 2.24) is 4.90 Å². The van der Waals surface area contributed by atoms with Gasteiger partial charge in [-0.2, -0.15) is 0 Å². The lowest BCUT2D eigenvalue weighted by Gasteiger charge is -2.40. The first-order valence-corrected chi connectivity index (χ1v) is 7.55. The first-order valence-electron chi connectivity index (χ1n) is 7.55. The van der Waals surface area contributed by atoms with Crippen LogP contribution in [0.2, 0.25) is 0 Å². The molecule has 3 nitrogen and oxygen atoms in total. The van der Waals surface area contributed by atoms with Crippen LogP contribution < -0.4 is 5.73 Å². The van der Waals surface area contributed by atoms with E-state index in [9.17, 15) is 9.50 Å². The lowest BCUT2D eigenvalue weighted by atomic mass is 9.77. The third-order valence-electron chi connectivity index (χ3n) is 4.94. The molecule has 1 saturated carbocycles. The van der Waals surface area contributed by atoms with Crippen LogP contribution in [0.4, 0.5) is 4.39 Å². The van der Waals surface area contributed by atoms with Crippen LogP contribution in [0.1, 0.15) is 37.7 Å². The van der Waals surface area contributed by atoms with Crippen LogP contribution in [0, 0.1) is 5.82 Å². The summed E-state index contributed by atoms with van der Waals surface area (Å²) < 4.78 is 13.0. The zero-order chi connectivity index (χ0) is 14.2. The number of nitrogens with two attached hydrogens (primary N) is 1. The third kappa shape index (κ3) is 2.73. The highest BCUT2D eigenvalue weighted by Crippen LogP contribution is 2.39. The molecule has 1 aromatic rings. The number of halogens is 1. The van der Waals surface area contributed by atoms with Gasteiger partial charge in [0.1, 0.15) is 5.82 Å². The maximum Gasteiger partial charge on any atom is 0.123 e. The van der Waals surface area contributed by atoms with Gasteiger partial charge in [0.05, 0.1) is 5.60 Å². The van der Waals surface area contributed by atoms with Crippen molar-refractivity contribution in [2.75, 3.05) is 13.1 Å². The van der Waals surface area contributed by atoms with E-state index in [1.165, 1.54) is 12.1 Å². The van der Waals surface area contributed by atoms with Crippen LogP contribution in [-0.4, -0.2) is 35.2 Å². The SMILES string of the molecule is N[C@@H]1CCN(C2CCC(O)(c3ccc(F)cc3)CC2)C1. The molecule has 0 bridgehead atoms. The number of aliphatic hydroxyl groups is 1. The van der Waals surface area contributed by atoms with E-state index >= 15 is 0 Å². The molecule has 0 spiro atoms. The number of hydrogen-bond donors (Lipinski definition) is 2. The van der Waals surface area contributed by atoms with Gasteiger partial charge in [0, 0.05) is 25.2 Å². The van der Waals surface area contributed by atoms with Crippen LogP contribution in [-0.2, 0) is 5.60 Å². The molecular formula is C16H23FN2O. The predicted octanol–water partition coefficient (Wildman–Crippen LogP) is 1.99. The molecule has 1 atom stereocenters. The monoisotopic (exact) mass is 278 g/mol. The Morgan fingerprint density at radius 1 is 1.15 bits per heavy atom. The molecule has 0 unspecified atom stereocenters. The first-order chi connectivity index (χ1) is 9.57. The summed E-state index contributed by atoms with van der Waals surface area (Å²) in [6, 6.07) is 7.14. The Balaban J connectivity index is 1.63. The molecule has 110 valence electrons. The van der Waals surface area contributed by atoms with E-state index in [0.29, 0.717) is 12.1 Å². The third-order valence-corrected chi connectivity index (χ3v) is 4.94. The number of benzene rings is 1. The second kappa shape index (κ2) is 5.43. The van der Waals surface area contributed by atoms with Crippen LogP contribution >= 0.6 is 0 Å². The summed E-state index contributed by atoms with van der Waals surface area (Å²) in [4.78, 5) is 2.47. The first kappa shape index (κ1) is 14.0. The normalized spacial score (nSPS) is 35.4. The maximum absolute atomic E-state index is 13.0. The highest BCUT2D eigenvalue weighted by molar-refractivity contribution is 5.23. The van der Waals surface area contributed by atoms with Crippen molar-refractivity contribution >= 4 is 0 Å². The Labute approximate surface area is 119 Å². The molecule has 2 fully saturated rings. The molecule has 20 heavy (non-hydrogen) atoms. The van der Waals surface area contributed by atoms with Crippen molar-refractivity contribution in [3.8, 4) is 0 Å². The minimum absolute atomic E-state index is 0.253. The Morgan fingerprint density at radius 2 is 1.80 bits per heavy atom. The van der Waals surface area contributed by atoms with Crippen LogP contribution in [0.15, 0.2) is 24.3 Å². The highest BCUT2D eigenvalue weighted by atomic mass is 19.1. The summed E-state index contributed by atoms with van der Waals surface area (Å²) in [7, 11) is 0. The van der Waals surface area contributed by atoms with Crippen molar-refractivity contribution in [2.24, 2.45) is 5.73 Å². The quantitative estimate of drug-likeness (QED) is 0.870. The molecule has 0 aromatic heterocycles. The number of rotatable bonds is 2. The minimum atomic E-state index is -0.786. The molecule has 3 rings (SSSR count). The van der Waals surface area contributed by atoms with E-state index in [-0.39, 0.29) is 5.82 Å². The molecule has 1 aromatic carbocycles.